The number of benzene rings is 1. The highest BCUT2D eigenvalue weighted by Crippen LogP contribution is 2.21. The van der Waals surface area contributed by atoms with Crippen LogP contribution in [0.5, 0.6) is 0 Å². The van der Waals surface area contributed by atoms with E-state index in [1.165, 1.54) is 10.9 Å². The molecule has 1 aromatic carbocycles. The van der Waals surface area contributed by atoms with E-state index in [9.17, 15) is 4.79 Å². The first kappa shape index (κ1) is 17.1. The number of rotatable bonds is 6. The van der Waals surface area contributed by atoms with Crippen LogP contribution in [-0.2, 0) is 6.54 Å². The molecule has 0 saturated carbocycles. The van der Waals surface area contributed by atoms with Gasteiger partial charge in [0.1, 0.15) is 0 Å². The molecule has 2 heterocycles. The fourth-order valence-corrected chi connectivity index (χ4v) is 2.23. The molecule has 0 fully saturated rings. The molecule has 1 atom stereocenters. The van der Waals surface area contributed by atoms with Crippen molar-refractivity contribution in [2.24, 2.45) is 5.73 Å². The SMILES string of the molecule is CC(NC(=O)c1cn(CCN)nn1)c1noc(-c2ccc(Cl)cc2)n1. The molecule has 0 radical (unpaired) electrons. The highest BCUT2D eigenvalue weighted by Gasteiger charge is 2.19. The van der Waals surface area contributed by atoms with Crippen LogP contribution in [0.25, 0.3) is 11.5 Å². The summed E-state index contributed by atoms with van der Waals surface area (Å²) in [7, 11) is 0. The van der Waals surface area contributed by atoms with Gasteiger partial charge in [0, 0.05) is 17.1 Å². The molecular formula is C15H16ClN7O2. The Kier molecular flexibility index (Phi) is 5.05. The fraction of sp³-hybridized carbons (Fsp3) is 0.267. The lowest BCUT2D eigenvalue weighted by Crippen LogP contribution is -2.27. The van der Waals surface area contributed by atoms with E-state index in [2.05, 4.69) is 25.8 Å². The van der Waals surface area contributed by atoms with Crippen molar-refractivity contribution >= 4 is 17.5 Å². The first-order valence-electron chi connectivity index (χ1n) is 7.57. The molecule has 0 aliphatic rings. The third-order valence-corrected chi connectivity index (χ3v) is 3.65. The molecule has 3 N–H and O–H groups in total. The van der Waals surface area contributed by atoms with Gasteiger partial charge in [-0.3, -0.25) is 9.48 Å². The summed E-state index contributed by atoms with van der Waals surface area (Å²) in [5.41, 5.74) is 6.38. The monoisotopic (exact) mass is 361 g/mol. The second kappa shape index (κ2) is 7.41. The first-order chi connectivity index (χ1) is 12.1. The van der Waals surface area contributed by atoms with E-state index >= 15 is 0 Å². The molecule has 0 saturated heterocycles. The molecule has 0 spiro atoms. The van der Waals surface area contributed by atoms with Crippen molar-refractivity contribution in [1.29, 1.82) is 0 Å². The van der Waals surface area contributed by atoms with Crippen LogP contribution in [-0.4, -0.2) is 37.6 Å². The van der Waals surface area contributed by atoms with E-state index in [0.717, 1.165) is 5.56 Å². The second-order valence-corrected chi connectivity index (χ2v) is 5.75. The second-order valence-electron chi connectivity index (χ2n) is 5.32. The highest BCUT2D eigenvalue weighted by molar-refractivity contribution is 6.30. The van der Waals surface area contributed by atoms with Crippen molar-refractivity contribution in [3.05, 3.63) is 47.0 Å². The lowest BCUT2D eigenvalue weighted by atomic mass is 10.2. The number of carbonyl (C=O) groups is 1. The minimum absolute atomic E-state index is 0.196. The van der Waals surface area contributed by atoms with Crippen molar-refractivity contribution < 1.29 is 9.32 Å². The van der Waals surface area contributed by atoms with E-state index in [-0.39, 0.29) is 11.6 Å². The third kappa shape index (κ3) is 4.01. The van der Waals surface area contributed by atoms with Gasteiger partial charge in [-0.25, -0.2) is 0 Å². The minimum Gasteiger partial charge on any atom is -0.341 e. The highest BCUT2D eigenvalue weighted by atomic mass is 35.5. The van der Waals surface area contributed by atoms with Crippen LogP contribution in [0.4, 0.5) is 0 Å². The molecule has 1 amide bonds. The van der Waals surface area contributed by atoms with Gasteiger partial charge in [0.25, 0.3) is 11.8 Å². The van der Waals surface area contributed by atoms with Gasteiger partial charge in [-0.1, -0.05) is 22.0 Å². The van der Waals surface area contributed by atoms with E-state index in [1.54, 1.807) is 31.2 Å². The Hall–Kier alpha value is -2.78. The van der Waals surface area contributed by atoms with Crippen LogP contribution in [0, 0.1) is 0 Å². The van der Waals surface area contributed by atoms with E-state index in [1.807, 2.05) is 0 Å². The van der Waals surface area contributed by atoms with Crippen LogP contribution in [0.1, 0.15) is 29.3 Å². The molecule has 25 heavy (non-hydrogen) atoms. The van der Waals surface area contributed by atoms with Crippen molar-refractivity contribution in [3.63, 3.8) is 0 Å². The summed E-state index contributed by atoms with van der Waals surface area (Å²) in [6.07, 6.45) is 1.53. The van der Waals surface area contributed by atoms with Crippen LogP contribution in [0.15, 0.2) is 35.0 Å². The Morgan fingerprint density at radius 1 is 1.40 bits per heavy atom. The van der Waals surface area contributed by atoms with Gasteiger partial charge >= 0.3 is 0 Å². The van der Waals surface area contributed by atoms with Crippen LogP contribution in [0.3, 0.4) is 0 Å². The van der Waals surface area contributed by atoms with E-state index < -0.39 is 6.04 Å². The zero-order valence-corrected chi connectivity index (χ0v) is 14.1. The number of hydrogen-bond acceptors (Lipinski definition) is 7. The van der Waals surface area contributed by atoms with E-state index in [0.29, 0.717) is 29.8 Å². The summed E-state index contributed by atoms with van der Waals surface area (Å²) in [5.74, 6) is 0.322. The first-order valence-corrected chi connectivity index (χ1v) is 7.95. The van der Waals surface area contributed by atoms with Crippen LogP contribution >= 0.6 is 11.6 Å². The molecule has 130 valence electrons. The van der Waals surface area contributed by atoms with Gasteiger partial charge in [-0.05, 0) is 31.2 Å². The van der Waals surface area contributed by atoms with Crippen LogP contribution < -0.4 is 11.1 Å². The number of halogens is 1. The van der Waals surface area contributed by atoms with Crippen LogP contribution in [0.2, 0.25) is 5.02 Å². The van der Waals surface area contributed by atoms with Crippen molar-refractivity contribution in [2.75, 3.05) is 6.54 Å². The number of nitrogens with two attached hydrogens (primary N) is 1. The lowest BCUT2D eigenvalue weighted by Gasteiger charge is -2.07. The van der Waals surface area contributed by atoms with Gasteiger partial charge in [0.15, 0.2) is 11.5 Å². The Bertz CT molecular complexity index is 859. The maximum Gasteiger partial charge on any atom is 0.274 e. The number of nitrogens with one attached hydrogen (secondary N) is 1. The molecule has 3 aromatic rings. The number of aromatic nitrogens is 5. The topological polar surface area (TPSA) is 125 Å². The molecular weight excluding hydrogens is 346 g/mol. The van der Waals surface area contributed by atoms with Crippen molar-refractivity contribution in [2.45, 2.75) is 19.5 Å². The standard InChI is InChI=1S/C15H16ClN7O2/c1-9(18-14(24)12-8-23(7-6-17)22-20-12)13-19-15(25-21-13)10-2-4-11(16)5-3-10/h2-5,8-9H,6-7,17H2,1H3,(H,18,24). The molecule has 0 bridgehead atoms. The Morgan fingerprint density at radius 2 is 2.16 bits per heavy atom. The molecule has 1 unspecified atom stereocenters. The van der Waals surface area contributed by atoms with Gasteiger partial charge in [-0.2, -0.15) is 4.98 Å². The smallest absolute Gasteiger partial charge is 0.274 e. The van der Waals surface area contributed by atoms with Crippen molar-refractivity contribution in [1.82, 2.24) is 30.5 Å². The summed E-state index contributed by atoms with van der Waals surface area (Å²) < 4.78 is 6.74. The molecule has 2 aromatic heterocycles. The predicted octanol–water partition coefficient (Wildman–Crippen LogP) is 1.43. The average Bonchev–Trinajstić information content (AvgIpc) is 3.25. The summed E-state index contributed by atoms with van der Waals surface area (Å²) in [4.78, 5) is 16.5. The number of nitrogens with zero attached hydrogens (tertiary/aromatic N) is 5. The fourth-order valence-electron chi connectivity index (χ4n) is 2.10. The summed E-state index contributed by atoms with van der Waals surface area (Å²) >= 11 is 5.86. The zero-order valence-electron chi connectivity index (χ0n) is 13.4. The number of amides is 1. The average molecular weight is 362 g/mol. The molecule has 0 aliphatic carbocycles. The molecule has 9 nitrogen and oxygen atoms in total. The Labute approximate surface area is 148 Å². The maximum atomic E-state index is 12.2. The van der Waals surface area contributed by atoms with E-state index in [4.69, 9.17) is 21.9 Å². The molecule has 0 aliphatic heterocycles. The predicted molar refractivity (Wildman–Crippen MR) is 89.7 cm³/mol. The number of carbonyl (C=O) groups excluding carboxylic acids is 1. The molecule has 10 heteroatoms. The normalized spacial score (nSPS) is 12.1. The van der Waals surface area contributed by atoms with Gasteiger partial charge in [0.2, 0.25) is 0 Å². The summed E-state index contributed by atoms with van der Waals surface area (Å²) in [6, 6.07) is 6.56. The minimum atomic E-state index is -0.461. The maximum absolute atomic E-state index is 12.2. The Balaban J connectivity index is 1.67. The third-order valence-electron chi connectivity index (χ3n) is 3.40. The lowest BCUT2D eigenvalue weighted by molar-refractivity contribution is 0.0932. The van der Waals surface area contributed by atoms with Gasteiger partial charge in [-0.15, -0.1) is 5.10 Å². The van der Waals surface area contributed by atoms with Gasteiger partial charge < -0.3 is 15.6 Å². The molecule has 3 rings (SSSR count). The largest absolute Gasteiger partial charge is 0.341 e. The summed E-state index contributed by atoms with van der Waals surface area (Å²) in [6.45, 7) is 2.65. The van der Waals surface area contributed by atoms with Gasteiger partial charge in [0.05, 0.1) is 18.8 Å². The summed E-state index contributed by atoms with van der Waals surface area (Å²) in [5, 5.41) is 14.9. The zero-order chi connectivity index (χ0) is 17.8. The number of hydrogen-bond donors (Lipinski definition) is 2. The Morgan fingerprint density at radius 3 is 2.88 bits per heavy atom. The van der Waals surface area contributed by atoms with Crippen molar-refractivity contribution in [3.8, 4) is 11.5 Å². The quantitative estimate of drug-likeness (QED) is 0.680.